The molecule has 2 aromatic rings. The molecule has 1 amide bonds. The van der Waals surface area contributed by atoms with Crippen LogP contribution < -0.4 is 10.9 Å². The first-order valence-electron chi connectivity index (χ1n) is 6.42. The summed E-state index contributed by atoms with van der Waals surface area (Å²) in [4.78, 5) is 20.0. The normalized spacial score (nSPS) is 11.2. The van der Waals surface area contributed by atoms with Crippen LogP contribution in [-0.4, -0.2) is 22.1 Å². The monoisotopic (exact) mass is 358 g/mol. The van der Waals surface area contributed by atoms with Crippen molar-refractivity contribution in [1.29, 1.82) is 0 Å². The molecule has 0 aliphatic rings. The van der Waals surface area contributed by atoms with Crippen LogP contribution in [0.15, 0.2) is 35.6 Å². The van der Waals surface area contributed by atoms with Crippen molar-refractivity contribution in [3.63, 3.8) is 0 Å². The summed E-state index contributed by atoms with van der Waals surface area (Å²) in [6.07, 6.45) is 3.09. The number of thioether (sulfide) groups is 1. The number of benzene rings is 1. The zero-order chi connectivity index (χ0) is 17.0. The minimum absolute atomic E-state index is 0.00417. The van der Waals surface area contributed by atoms with Crippen LogP contribution in [0.25, 0.3) is 0 Å². The van der Waals surface area contributed by atoms with E-state index in [0.717, 1.165) is 6.92 Å². The molecule has 5 nitrogen and oxygen atoms in total. The minimum atomic E-state index is -2.97. The topological polar surface area (TPSA) is 66.9 Å². The van der Waals surface area contributed by atoms with Gasteiger partial charge in [-0.05, 0) is 18.4 Å². The number of nitrogens with zero attached hydrogens (tertiary/aromatic N) is 2. The number of halogens is 3. The molecule has 0 aliphatic heterocycles. The highest BCUT2D eigenvalue weighted by molar-refractivity contribution is 7.98. The Kier molecular flexibility index (Phi) is 5.38. The molecule has 122 valence electrons. The summed E-state index contributed by atoms with van der Waals surface area (Å²) in [7, 11) is 0. The lowest BCUT2D eigenvalue weighted by molar-refractivity contribution is 0.0175. The summed E-state index contributed by atoms with van der Waals surface area (Å²) in [6, 6.07) is 5.56. The SMILES string of the molecule is CSc1ncc(Cl)c(C(=O)NNc2cccc(C(C)(F)F)c2)n1. The molecular weight excluding hydrogens is 346 g/mol. The molecule has 0 fully saturated rings. The predicted octanol–water partition coefficient (Wildman–Crippen LogP) is 3.72. The van der Waals surface area contributed by atoms with Crippen LogP contribution in [-0.2, 0) is 5.92 Å². The Morgan fingerprint density at radius 3 is 2.78 bits per heavy atom. The molecule has 9 heteroatoms. The van der Waals surface area contributed by atoms with Gasteiger partial charge in [0.2, 0.25) is 0 Å². The van der Waals surface area contributed by atoms with E-state index in [0.29, 0.717) is 10.8 Å². The maximum absolute atomic E-state index is 13.3. The van der Waals surface area contributed by atoms with Gasteiger partial charge in [0.05, 0.1) is 16.9 Å². The van der Waals surface area contributed by atoms with E-state index in [1.807, 2.05) is 0 Å². The number of alkyl halides is 2. The average molecular weight is 359 g/mol. The molecule has 2 N–H and O–H groups in total. The lowest BCUT2D eigenvalue weighted by Crippen LogP contribution is -2.30. The average Bonchev–Trinajstić information content (AvgIpc) is 2.52. The summed E-state index contributed by atoms with van der Waals surface area (Å²) in [5, 5.41) is 0.489. The van der Waals surface area contributed by atoms with E-state index < -0.39 is 11.8 Å². The van der Waals surface area contributed by atoms with Gasteiger partial charge in [-0.2, -0.15) is 0 Å². The third kappa shape index (κ3) is 4.52. The van der Waals surface area contributed by atoms with Crippen molar-refractivity contribution in [2.75, 3.05) is 11.7 Å². The summed E-state index contributed by atoms with van der Waals surface area (Å²) >= 11 is 7.16. The third-order valence-corrected chi connectivity index (χ3v) is 3.65. The molecular formula is C14H13ClF2N4OS. The fraction of sp³-hybridized carbons (Fsp3) is 0.214. The Morgan fingerprint density at radius 1 is 1.39 bits per heavy atom. The number of carbonyl (C=O) groups excluding carboxylic acids is 1. The minimum Gasteiger partial charge on any atom is -0.298 e. The maximum atomic E-state index is 13.3. The molecule has 0 saturated heterocycles. The molecule has 0 atom stereocenters. The third-order valence-electron chi connectivity index (χ3n) is 2.81. The Morgan fingerprint density at radius 2 is 2.13 bits per heavy atom. The van der Waals surface area contributed by atoms with Gasteiger partial charge >= 0.3 is 0 Å². The summed E-state index contributed by atoms with van der Waals surface area (Å²) < 4.78 is 26.6. The van der Waals surface area contributed by atoms with Gasteiger partial charge in [-0.25, -0.2) is 18.7 Å². The molecule has 0 radical (unpaired) electrons. The van der Waals surface area contributed by atoms with Crippen molar-refractivity contribution in [2.45, 2.75) is 18.0 Å². The number of nitrogens with one attached hydrogen (secondary N) is 2. The van der Waals surface area contributed by atoms with Gasteiger partial charge in [0.1, 0.15) is 0 Å². The van der Waals surface area contributed by atoms with Gasteiger partial charge in [-0.15, -0.1) is 0 Å². The highest BCUT2D eigenvalue weighted by Gasteiger charge is 2.24. The fourth-order valence-electron chi connectivity index (χ4n) is 1.67. The number of hydrogen-bond donors (Lipinski definition) is 2. The molecule has 1 heterocycles. The van der Waals surface area contributed by atoms with Crippen molar-refractivity contribution < 1.29 is 13.6 Å². The first kappa shape index (κ1) is 17.4. The Bertz CT molecular complexity index is 724. The number of anilines is 1. The number of carbonyl (C=O) groups is 1. The zero-order valence-electron chi connectivity index (χ0n) is 12.2. The van der Waals surface area contributed by atoms with Crippen LogP contribution in [0.4, 0.5) is 14.5 Å². The van der Waals surface area contributed by atoms with Gasteiger partial charge in [0.15, 0.2) is 10.9 Å². The van der Waals surface area contributed by atoms with Gasteiger partial charge in [0, 0.05) is 12.5 Å². The highest BCUT2D eigenvalue weighted by Crippen LogP contribution is 2.28. The van der Waals surface area contributed by atoms with E-state index in [9.17, 15) is 13.6 Å². The van der Waals surface area contributed by atoms with Crippen LogP contribution in [0, 0.1) is 0 Å². The highest BCUT2D eigenvalue weighted by atomic mass is 35.5. The first-order chi connectivity index (χ1) is 10.8. The Hall–Kier alpha value is -1.93. The molecule has 0 spiro atoms. The van der Waals surface area contributed by atoms with Crippen molar-refractivity contribution in [2.24, 2.45) is 0 Å². The number of aromatic nitrogens is 2. The standard InChI is InChI=1S/C14H13ClF2N4OS/c1-14(16,17)8-4-3-5-9(6-8)20-21-12(22)11-10(15)7-18-13(19-11)23-2/h3-7,20H,1-2H3,(H,21,22). The lowest BCUT2D eigenvalue weighted by atomic mass is 10.1. The molecule has 0 aliphatic carbocycles. The second-order valence-corrected chi connectivity index (χ2v) is 5.78. The second-order valence-electron chi connectivity index (χ2n) is 4.60. The number of hydrazine groups is 1. The van der Waals surface area contributed by atoms with E-state index in [4.69, 9.17) is 11.6 Å². The number of hydrogen-bond acceptors (Lipinski definition) is 5. The molecule has 0 bridgehead atoms. The summed E-state index contributed by atoms with van der Waals surface area (Å²) in [5.74, 6) is -3.56. The molecule has 1 aromatic heterocycles. The largest absolute Gasteiger partial charge is 0.298 e. The van der Waals surface area contributed by atoms with Crippen molar-refractivity contribution in [1.82, 2.24) is 15.4 Å². The lowest BCUT2D eigenvalue weighted by Gasteiger charge is -2.13. The van der Waals surface area contributed by atoms with Crippen molar-refractivity contribution >= 4 is 35.0 Å². The van der Waals surface area contributed by atoms with Gasteiger partial charge in [-0.1, -0.05) is 35.5 Å². The molecule has 1 aromatic carbocycles. The van der Waals surface area contributed by atoms with Gasteiger partial charge in [0.25, 0.3) is 11.8 Å². The zero-order valence-corrected chi connectivity index (χ0v) is 13.8. The second kappa shape index (κ2) is 7.10. The van der Waals surface area contributed by atoms with Crippen LogP contribution >= 0.6 is 23.4 Å². The fourth-order valence-corrected chi connectivity index (χ4v) is 2.18. The first-order valence-corrected chi connectivity index (χ1v) is 8.03. The molecule has 0 unspecified atom stereocenters. The van der Waals surface area contributed by atoms with Crippen molar-refractivity contribution in [3.05, 3.63) is 46.7 Å². The van der Waals surface area contributed by atoms with Crippen LogP contribution in [0.2, 0.25) is 5.02 Å². The summed E-state index contributed by atoms with van der Waals surface area (Å²) in [5.41, 5.74) is 5.07. The maximum Gasteiger partial charge on any atom is 0.289 e. The van der Waals surface area contributed by atoms with Gasteiger partial charge < -0.3 is 0 Å². The van der Waals surface area contributed by atoms with E-state index in [1.54, 1.807) is 12.3 Å². The Balaban J connectivity index is 2.11. The van der Waals surface area contributed by atoms with E-state index in [2.05, 4.69) is 20.8 Å². The predicted molar refractivity (Wildman–Crippen MR) is 85.9 cm³/mol. The number of amides is 1. The summed E-state index contributed by atoms with van der Waals surface area (Å²) in [6.45, 7) is 0.801. The van der Waals surface area contributed by atoms with E-state index in [1.165, 1.54) is 36.2 Å². The van der Waals surface area contributed by atoms with Crippen LogP contribution in [0.5, 0.6) is 0 Å². The van der Waals surface area contributed by atoms with Gasteiger partial charge in [-0.3, -0.25) is 15.6 Å². The van der Waals surface area contributed by atoms with E-state index >= 15 is 0 Å². The molecule has 23 heavy (non-hydrogen) atoms. The smallest absolute Gasteiger partial charge is 0.289 e. The van der Waals surface area contributed by atoms with E-state index in [-0.39, 0.29) is 16.3 Å². The van der Waals surface area contributed by atoms with Crippen molar-refractivity contribution in [3.8, 4) is 0 Å². The molecule has 2 rings (SSSR count). The Labute approximate surface area is 140 Å². The van der Waals surface area contributed by atoms with Crippen LogP contribution in [0.1, 0.15) is 23.0 Å². The quantitative estimate of drug-likeness (QED) is 0.484. The van der Waals surface area contributed by atoms with Crippen LogP contribution in [0.3, 0.4) is 0 Å². The number of rotatable bonds is 5. The molecule has 0 saturated carbocycles.